The Balaban J connectivity index is 1.05. The summed E-state index contributed by atoms with van der Waals surface area (Å²) in [5.41, 5.74) is 2.56. The van der Waals surface area contributed by atoms with Crippen LogP contribution in [0.1, 0.15) is 51.4 Å². The van der Waals surface area contributed by atoms with E-state index in [-0.39, 0.29) is 82.8 Å². The summed E-state index contributed by atoms with van der Waals surface area (Å²) in [7, 11) is 0. The van der Waals surface area contributed by atoms with Crippen molar-refractivity contribution >= 4 is 23.6 Å². The molecule has 5 fully saturated rings. The predicted molar refractivity (Wildman–Crippen MR) is 142 cm³/mol. The molecule has 7 rings (SSSR count). The van der Waals surface area contributed by atoms with E-state index in [1.807, 2.05) is 12.2 Å². The lowest BCUT2D eigenvalue weighted by molar-refractivity contribution is -0.145. The maximum Gasteiger partial charge on any atom is 0.233 e. The topological polar surface area (TPSA) is 74.8 Å². The standard InChI is InChI=1S/C32H38N2O4/c1-3-7-17-11-21-13-23(17)27-25(21)29(35)33(31(27)37)15-19-9-5-6-10-20(19)16-34-30(36)26-22-12-18(8-4-2)24(14-22)28(26)32(34)38/h3-4,11-12,19-28H,1-2,5-10,13-16H2. The molecule has 7 aliphatic rings. The maximum atomic E-state index is 13.6. The summed E-state index contributed by atoms with van der Waals surface area (Å²) in [6.45, 7) is 8.59. The molecule has 0 aromatic heterocycles. The average molecular weight is 515 g/mol. The lowest BCUT2D eigenvalue weighted by Crippen LogP contribution is -2.44. The SMILES string of the molecule is C=CCC1=CC2CC1C1C(=O)N(CC3CCCCC3CN3C(=O)C4C5C=C(CC=C)C(C5)C4C3=O)C(=O)C21. The van der Waals surface area contributed by atoms with Crippen molar-refractivity contribution in [1.29, 1.82) is 0 Å². The van der Waals surface area contributed by atoms with E-state index in [0.29, 0.717) is 13.1 Å². The molecular weight excluding hydrogens is 476 g/mol. The van der Waals surface area contributed by atoms with E-state index in [0.717, 1.165) is 51.4 Å². The van der Waals surface area contributed by atoms with Crippen LogP contribution in [0.25, 0.3) is 0 Å². The molecule has 5 aliphatic carbocycles. The predicted octanol–water partition coefficient (Wildman–Crippen LogP) is 4.30. The van der Waals surface area contributed by atoms with Gasteiger partial charge in [-0.1, -0.05) is 48.3 Å². The molecule has 38 heavy (non-hydrogen) atoms. The molecule has 4 bridgehead atoms. The third-order valence-corrected chi connectivity index (χ3v) is 11.3. The number of carbonyl (C=O) groups excluding carboxylic acids is 4. The van der Waals surface area contributed by atoms with Crippen molar-refractivity contribution in [2.45, 2.75) is 51.4 Å². The molecule has 10 atom stereocenters. The molecule has 2 heterocycles. The van der Waals surface area contributed by atoms with Gasteiger partial charge in [-0.15, -0.1) is 13.2 Å². The molecular formula is C32H38N2O4. The van der Waals surface area contributed by atoms with E-state index in [1.54, 1.807) is 9.80 Å². The van der Waals surface area contributed by atoms with Gasteiger partial charge in [0.15, 0.2) is 0 Å². The highest BCUT2D eigenvalue weighted by Crippen LogP contribution is 2.58. The van der Waals surface area contributed by atoms with Crippen LogP contribution < -0.4 is 0 Å². The molecule has 2 aliphatic heterocycles. The minimum absolute atomic E-state index is 0.00554. The van der Waals surface area contributed by atoms with Crippen LogP contribution in [-0.2, 0) is 19.2 Å². The summed E-state index contributed by atoms with van der Waals surface area (Å²) in [5.74, 6) is 0.218. The van der Waals surface area contributed by atoms with Crippen molar-refractivity contribution < 1.29 is 19.2 Å². The van der Waals surface area contributed by atoms with E-state index in [4.69, 9.17) is 0 Å². The van der Waals surface area contributed by atoms with Crippen LogP contribution in [0.3, 0.4) is 0 Å². The molecule has 10 unspecified atom stereocenters. The van der Waals surface area contributed by atoms with Crippen LogP contribution in [0, 0.1) is 59.2 Å². The van der Waals surface area contributed by atoms with Gasteiger partial charge in [0.2, 0.25) is 23.6 Å². The first-order valence-corrected chi connectivity index (χ1v) is 14.8. The number of hydrogen-bond acceptors (Lipinski definition) is 4. The van der Waals surface area contributed by atoms with Crippen molar-refractivity contribution in [3.63, 3.8) is 0 Å². The number of amides is 4. The zero-order valence-corrected chi connectivity index (χ0v) is 22.1. The zero-order valence-electron chi connectivity index (χ0n) is 22.1. The van der Waals surface area contributed by atoms with Crippen LogP contribution in [-0.4, -0.2) is 46.5 Å². The van der Waals surface area contributed by atoms with Crippen molar-refractivity contribution in [3.05, 3.63) is 48.6 Å². The number of carbonyl (C=O) groups is 4. The highest BCUT2D eigenvalue weighted by atomic mass is 16.2. The van der Waals surface area contributed by atoms with E-state index >= 15 is 0 Å². The molecule has 0 aromatic carbocycles. The van der Waals surface area contributed by atoms with Gasteiger partial charge in [0.1, 0.15) is 0 Å². The van der Waals surface area contributed by atoms with Crippen LogP contribution in [0.5, 0.6) is 0 Å². The number of likely N-dealkylation sites (tertiary alicyclic amines) is 2. The maximum absolute atomic E-state index is 13.6. The van der Waals surface area contributed by atoms with Gasteiger partial charge in [-0.3, -0.25) is 29.0 Å². The minimum Gasteiger partial charge on any atom is -0.282 e. The second-order valence-electron chi connectivity index (χ2n) is 13.0. The quantitative estimate of drug-likeness (QED) is 0.358. The van der Waals surface area contributed by atoms with Gasteiger partial charge in [-0.05, 0) is 74.0 Å². The first-order chi connectivity index (χ1) is 18.4. The van der Waals surface area contributed by atoms with Crippen molar-refractivity contribution in [3.8, 4) is 0 Å². The number of nitrogens with zero attached hydrogens (tertiary/aromatic N) is 2. The molecule has 0 radical (unpaired) electrons. The van der Waals surface area contributed by atoms with Gasteiger partial charge >= 0.3 is 0 Å². The molecule has 0 spiro atoms. The fourth-order valence-corrected chi connectivity index (χ4v) is 9.74. The highest BCUT2D eigenvalue weighted by Gasteiger charge is 2.62. The van der Waals surface area contributed by atoms with Gasteiger partial charge in [0, 0.05) is 13.1 Å². The first kappa shape index (κ1) is 24.3. The Hall–Kier alpha value is -2.76. The van der Waals surface area contributed by atoms with E-state index in [1.165, 1.54) is 11.1 Å². The smallest absolute Gasteiger partial charge is 0.233 e. The van der Waals surface area contributed by atoms with E-state index in [9.17, 15) is 19.2 Å². The number of imide groups is 2. The summed E-state index contributed by atoms with van der Waals surface area (Å²) in [6, 6.07) is 0. The average Bonchev–Trinajstić information content (AvgIpc) is 3.73. The number of fused-ring (bicyclic) bond motifs is 10. The van der Waals surface area contributed by atoms with Crippen molar-refractivity contribution in [1.82, 2.24) is 9.80 Å². The normalized spacial score (nSPS) is 42.6. The monoisotopic (exact) mass is 514 g/mol. The number of rotatable bonds is 8. The lowest BCUT2D eigenvalue weighted by Gasteiger charge is -2.36. The van der Waals surface area contributed by atoms with Crippen LogP contribution in [0.2, 0.25) is 0 Å². The van der Waals surface area contributed by atoms with Crippen LogP contribution in [0.4, 0.5) is 0 Å². The largest absolute Gasteiger partial charge is 0.282 e. The van der Waals surface area contributed by atoms with Gasteiger partial charge < -0.3 is 0 Å². The minimum atomic E-state index is -0.205. The van der Waals surface area contributed by atoms with Gasteiger partial charge in [-0.25, -0.2) is 0 Å². The second-order valence-corrected chi connectivity index (χ2v) is 13.0. The van der Waals surface area contributed by atoms with Gasteiger partial charge in [0.05, 0.1) is 23.7 Å². The van der Waals surface area contributed by atoms with Crippen molar-refractivity contribution in [2.75, 3.05) is 13.1 Å². The Morgan fingerprint density at radius 1 is 0.658 bits per heavy atom. The number of allylic oxidation sites excluding steroid dienone is 6. The van der Waals surface area contributed by atoms with Gasteiger partial charge in [-0.2, -0.15) is 0 Å². The molecule has 0 N–H and O–H groups in total. The number of hydrogen-bond donors (Lipinski definition) is 0. The third-order valence-electron chi connectivity index (χ3n) is 11.3. The molecule has 200 valence electrons. The highest BCUT2D eigenvalue weighted by molar-refractivity contribution is 6.07. The Bertz CT molecular complexity index is 1110. The summed E-state index contributed by atoms with van der Waals surface area (Å²) < 4.78 is 0. The lowest BCUT2D eigenvalue weighted by atomic mass is 9.78. The molecule has 6 heteroatoms. The molecule has 6 nitrogen and oxygen atoms in total. The molecule has 2 saturated heterocycles. The molecule has 3 saturated carbocycles. The Morgan fingerprint density at radius 2 is 1.05 bits per heavy atom. The van der Waals surface area contributed by atoms with Gasteiger partial charge in [0.25, 0.3) is 0 Å². The zero-order chi connectivity index (χ0) is 26.3. The summed E-state index contributed by atoms with van der Waals surface area (Å²) in [6.07, 6.45) is 15.7. The van der Waals surface area contributed by atoms with Crippen LogP contribution >= 0.6 is 0 Å². The van der Waals surface area contributed by atoms with Crippen molar-refractivity contribution in [2.24, 2.45) is 59.2 Å². The molecule has 4 amide bonds. The summed E-state index contributed by atoms with van der Waals surface area (Å²) >= 11 is 0. The second kappa shape index (κ2) is 8.89. The summed E-state index contributed by atoms with van der Waals surface area (Å²) in [5, 5.41) is 0. The summed E-state index contributed by atoms with van der Waals surface area (Å²) in [4.78, 5) is 57.3. The van der Waals surface area contributed by atoms with E-state index < -0.39 is 0 Å². The Morgan fingerprint density at radius 3 is 1.45 bits per heavy atom. The van der Waals surface area contributed by atoms with Crippen LogP contribution in [0.15, 0.2) is 48.6 Å². The van der Waals surface area contributed by atoms with E-state index in [2.05, 4.69) is 25.3 Å². The fourth-order valence-electron chi connectivity index (χ4n) is 9.74. The Kier molecular flexibility index (Phi) is 5.68. The fraction of sp³-hybridized carbons (Fsp3) is 0.625. The molecule has 0 aromatic rings. The first-order valence-electron chi connectivity index (χ1n) is 14.8. The third kappa shape index (κ3) is 3.31. The Labute approximate surface area is 224 Å².